The van der Waals surface area contributed by atoms with Crippen molar-refractivity contribution in [2.75, 3.05) is 6.54 Å². The molecule has 0 amide bonds. The van der Waals surface area contributed by atoms with Gasteiger partial charge in [-0.2, -0.15) is 0 Å². The highest BCUT2D eigenvalue weighted by molar-refractivity contribution is 8.14. The third kappa shape index (κ3) is 3.07. The van der Waals surface area contributed by atoms with Crippen LogP contribution < -0.4 is 0 Å². The lowest BCUT2D eigenvalue weighted by atomic mass is 9.96. The van der Waals surface area contributed by atoms with Gasteiger partial charge in [-0.05, 0) is 68.7 Å². The average molecular weight is 417 g/mol. The number of hydrogen-bond donors (Lipinski definition) is 0. The zero-order chi connectivity index (χ0) is 21.0. The van der Waals surface area contributed by atoms with Crippen LogP contribution in [0, 0.1) is 27.7 Å². The molecule has 5 heteroatoms. The Kier molecular flexibility index (Phi) is 4.73. The largest absolute Gasteiger partial charge is 0.341 e. The van der Waals surface area contributed by atoms with Gasteiger partial charge in [0.25, 0.3) is 0 Å². The predicted octanol–water partition coefficient (Wildman–Crippen LogP) is 5.70. The highest BCUT2D eigenvalue weighted by Gasteiger charge is 2.44. The normalized spacial score (nSPS) is 23.0. The first-order valence-corrected chi connectivity index (χ1v) is 11.5. The Hall–Kier alpha value is -2.53. The van der Waals surface area contributed by atoms with Crippen molar-refractivity contribution in [1.29, 1.82) is 0 Å². The van der Waals surface area contributed by atoms with Gasteiger partial charge >= 0.3 is 0 Å². The summed E-state index contributed by atoms with van der Waals surface area (Å²) in [5, 5.41) is 1.73. The number of hydrogen-bond acceptors (Lipinski definition) is 4. The van der Waals surface area contributed by atoms with Crippen LogP contribution in [0.5, 0.6) is 0 Å². The number of aromatic nitrogens is 2. The van der Waals surface area contributed by atoms with Gasteiger partial charge in [-0.1, -0.05) is 36.9 Å². The van der Waals surface area contributed by atoms with Crippen LogP contribution in [0.15, 0.2) is 53.7 Å². The van der Waals surface area contributed by atoms with E-state index in [-0.39, 0.29) is 12.1 Å². The van der Waals surface area contributed by atoms with Crippen LogP contribution in [-0.2, 0) is 0 Å². The molecular formula is C25H28N4S. The van der Waals surface area contributed by atoms with Gasteiger partial charge in [0, 0.05) is 35.1 Å². The summed E-state index contributed by atoms with van der Waals surface area (Å²) in [7, 11) is 0. The number of aryl methyl sites for hydroxylation is 3. The summed E-state index contributed by atoms with van der Waals surface area (Å²) < 4.78 is 2.41. The summed E-state index contributed by atoms with van der Waals surface area (Å²) >= 11 is 1.89. The summed E-state index contributed by atoms with van der Waals surface area (Å²) in [5.74, 6) is 0. The van der Waals surface area contributed by atoms with E-state index in [4.69, 9.17) is 4.99 Å². The summed E-state index contributed by atoms with van der Waals surface area (Å²) in [6, 6.07) is 15.4. The minimum atomic E-state index is 0.0359. The molecular weight excluding hydrogens is 388 g/mol. The molecule has 1 fully saturated rings. The molecule has 0 bridgehead atoms. The third-order valence-corrected chi connectivity index (χ3v) is 7.38. The van der Waals surface area contributed by atoms with Crippen molar-refractivity contribution >= 4 is 16.9 Å². The lowest BCUT2D eigenvalue weighted by Crippen LogP contribution is -2.28. The van der Waals surface area contributed by atoms with E-state index in [1.54, 1.807) is 0 Å². The maximum Gasteiger partial charge on any atom is 0.160 e. The first kappa shape index (κ1) is 19.4. The molecule has 1 aromatic carbocycles. The summed E-state index contributed by atoms with van der Waals surface area (Å²) in [6.07, 6.45) is 1.88. The summed E-state index contributed by atoms with van der Waals surface area (Å²) in [6.45, 7) is 12.1. The number of thioether (sulfide) groups is 1. The van der Waals surface area contributed by atoms with Gasteiger partial charge < -0.3 is 9.47 Å². The molecule has 0 radical (unpaired) electrons. The topological polar surface area (TPSA) is 33.4 Å². The predicted molar refractivity (Wildman–Crippen MR) is 126 cm³/mol. The molecule has 3 atom stereocenters. The van der Waals surface area contributed by atoms with E-state index >= 15 is 0 Å². The van der Waals surface area contributed by atoms with Crippen molar-refractivity contribution in [3.05, 3.63) is 82.4 Å². The molecule has 154 valence electrons. The zero-order valence-electron chi connectivity index (χ0n) is 18.3. The quantitative estimate of drug-likeness (QED) is 0.549. The molecule has 30 heavy (non-hydrogen) atoms. The molecule has 2 aromatic heterocycles. The number of nitrogens with zero attached hydrogens (tertiary/aromatic N) is 4. The molecule has 0 unspecified atom stereocenters. The van der Waals surface area contributed by atoms with Crippen molar-refractivity contribution < 1.29 is 0 Å². The van der Waals surface area contributed by atoms with E-state index in [9.17, 15) is 0 Å². The average Bonchev–Trinajstić information content (AvgIpc) is 3.34. The van der Waals surface area contributed by atoms with E-state index in [0.717, 1.165) is 12.2 Å². The van der Waals surface area contributed by atoms with Crippen LogP contribution in [0.4, 0.5) is 0 Å². The maximum atomic E-state index is 5.15. The summed E-state index contributed by atoms with van der Waals surface area (Å²) in [4.78, 5) is 12.3. The van der Waals surface area contributed by atoms with Gasteiger partial charge in [0.1, 0.15) is 6.04 Å². The molecule has 2 aliphatic heterocycles. The Bertz CT molecular complexity index is 1130. The van der Waals surface area contributed by atoms with E-state index in [1.807, 2.05) is 24.0 Å². The van der Waals surface area contributed by atoms with Crippen molar-refractivity contribution in [2.45, 2.75) is 52.0 Å². The van der Waals surface area contributed by atoms with Crippen molar-refractivity contribution in [1.82, 2.24) is 14.5 Å². The van der Waals surface area contributed by atoms with Crippen LogP contribution in [0.3, 0.4) is 0 Å². The number of pyridine rings is 1. The molecule has 3 aromatic rings. The molecule has 4 nitrogen and oxygen atoms in total. The Balaban J connectivity index is 1.64. The Morgan fingerprint density at radius 2 is 1.87 bits per heavy atom. The second kappa shape index (κ2) is 7.31. The Morgan fingerprint density at radius 3 is 2.63 bits per heavy atom. The first-order chi connectivity index (χ1) is 14.4. The molecule has 0 spiro atoms. The van der Waals surface area contributed by atoms with Gasteiger partial charge in [0.2, 0.25) is 0 Å². The Morgan fingerprint density at radius 1 is 1.03 bits per heavy atom. The van der Waals surface area contributed by atoms with Crippen LogP contribution in [0.1, 0.15) is 52.8 Å². The van der Waals surface area contributed by atoms with Crippen molar-refractivity contribution in [3.8, 4) is 5.69 Å². The van der Waals surface area contributed by atoms with Crippen LogP contribution in [0.2, 0.25) is 0 Å². The molecule has 1 saturated heterocycles. The number of rotatable bonds is 3. The second-order valence-corrected chi connectivity index (χ2v) is 9.99. The third-order valence-electron chi connectivity index (χ3n) is 6.28. The zero-order valence-corrected chi connectivity index (χ0v) is 19.1. The highest BCUT2D eigenvalue weighted by Crippen LogP contribution is 2.49. The number of fused-ring (bicyclic) bond motifs is 1. The molecule has 2 aliphatic rings. The van der Waals surface area contributed by atoms with Crippen LogP contribution in [0.25, 0.3) is 5.69 Å². The van der Waals surface area contributed by atoms with E-state index in [1.165, 1.54) is 38.9 Å². The standard InChI is InChI=1S/C25H28N4S/c1-15-9-10-16(2)22(12-15)29-17(3)13-20(19(29)5)24-23(21-8-6-7-11-26-21)27-25-28(24)14-18(4)30-25/h6-13,18,23-24H,14H2,1-5H3/t18-,23+,24-/m0/s1. The molecule has 5 rings (SSSR count). The fourth-order valence-electron chi connectivity index (χ4n) is 4.87. The molecule has 0 saturated carbocycles. The van der Waals surface area contributed by atoms with Gasteiger partial charge in [-0.25, -0.2) is 0 Å². The van der Waals surface area contributed by atoms with Crippen molar-refractivity contribution in [2.24, 2.45) is 4.99 Å². The minimum absolute atomic E-state index is 0.0359. The smallest absolute Gasteiger partial charge is 0.160 e. The van der Waals surface area contributed by atoms with Gasteiger partial charge in [0.05, 0.1) is 11.7 Å². The number of aliphatic imine (C=N–C) groups is 1. The monoisotopic (exact) mass is 416 g/mol. The molecule has 4 heterocycles. The van der Waals surface area contributed by atoms with Crippen LogP contribution >= 0.6 is 11.8 Å². The molecule has 0 N–H and O–H groups in total. The SMILES string of the molecule is Cc1ccc(C)c(-n2c(C)cc([C@H]3[C@@H](c4ccccn4)N=C4S[C@@H](C)CN43)c2C)c1. The highest BCUT2D eigenvalue weighted by atomic mass is 32.2. The van der Waals surface area contributed by atoms with Crippen LogP contribution in [-0.4, -0.2) is 31.4 Å². The fraction of sp³-hybridized carbons (Fsp3) is 0.360. The lowest BCUT2D eigenvalue weighted by molar-refractivity contribution is 0.320. The fourth-order valence-corrected chi connectivity index (χ4v) is 5.96. The minimum Gasteiger partial charge on any atom is -0.341 e. The summed E-state index contributed by atoms with van der Waals surface area (Å²) in [5.41, 5.74) is 8.83. The van der Waals surface area contributed by atoms with E-state index < -0.39 is 0 Å². The second-order valence-electron chi connectivity index (χ2n) is 8.59. The van der Waals surface area contributed by atoms with Crippen molar-refractivity contribution in [3.63, 3.8) is 0 Å². The number of amidine groups is 1. The maximum absolute atomic E-state index is 5.15. The van der Waals surface area contributed by atoms with Gasteiger partial charge in [0.15, 0.2) is 5.17 Å². The number of benzene rings is 1. The van der Waals surface area contributed by atoms with Gasteiger partial charge in [-0.3, -0.25) is 9.98 Å². The van der Waals surface area contributed by atoms with Gasteiger partial charge in [-0.15, -0.1) is 0 Å². The van der Waals surface area contributed by atoms with E-state index in [2.05, 4.69) is 85.5 Å². The lowest BCUT2D eigenvalue weighted by Gasteiger charge is -2.27. The Labute approximate surface area is 183 Å². The molecule has 0 aliphatic carbocycles. The first-order valence-electron chi connectivity index (χ1n) is 10.6. The van der Waals surface area contributed by atoms with E-state index in [0.29, 0.717) is 5.25 Å².